The lowest BCUT2D eigenvalue weighted by Gasteiger charge is -2.45. The molecule has 2 atom stereocenters. The highest BCUT2D eigenvalue weighted by molar-refractivity contribution is 5.76. The van der Waals surface area contributed by atoms with Crippen LogP contribution in [0.4, 0.5) is 4.79 Å². The Balaban J connectivity index is 1.81. The molecule has 19 heavy (non-hydrogen) atoms. The molecule has 0 aliphatic carbocycles. The number of aliphatic carboxylic acids is 1. The molecule has 1 N–H and O–H groups in total. The summed E-state index contributed by atoms with van der Waals surface area (Å²) in [6.07, 6.45) is 3.44. The smallest absolute Gasteiger partial charge is 0.320 e. The molecule has 2 unspecified atom stereocenters. The first-order chi connectivity index (χ1) is 9.02. The molecule has 0 spiro atoms. The molecule has 2 rings (SSSR count). The van der Waals surface area contributed by atoms with Crippen molar-refractivity contribution in [2.45, 2.75) is 33.1 Å². The Morgan fingerprint density at radius 3 is 2.53 bits per heavy atom. The summed E-state index contributed by atoms with van der Waals surface area (Å²) in [4.78, 5) is 26.9. The first-order valence-electron chi connectivity index (χ1n) is 7.29. The van der Waals surface area contributed by atoms with Crippen molar-refractivity contribution in [2.24, 2.45) is 17.8 Å². The van der Waals surface area contributed by atoms with E-state index >= 15 is 0 Å². The van der Waals surface area contributed by atoms with E-state index in [4.69, 9.17) is 5.11 Å². The van der Waals surface area contributed by atoms with Crippen LogP contribution in [-0.2, 0) is 4.79 Å². The molecule has 2 fully saturated rings. The van der Waals surface area contributed by atoms with E-state index in [1.54, 1.807) is 11.8 Å². The van der Waals surface area contributed by atoms with Gasteiger partial charge in [0.2, 0.25) is 0 Å². The first-order valence-corrected chi connectivity index (χ1v) is 7.29. The summed E-state index contributed by atoms with van der Waals surface area (Å²) in [6.45, 7) is 6.81. The van der Waals surface area contributed by atoms with Crippen LogP contribution >= 0.6 is 0 Å². The van der Waals surface area contributed by atoms with Crippen molar-refractivity contribution >= 4 is 12.0 Å². The molecular formula is C14H24N2O3. The fourth-order valence-electron chi connectivity index (χ4n) is 2.96. The minimum atomic E-state index is -0.763. The lowest BCUT2D eigenvalue weighted by atomic mass is 9.87. The second-order valence-electron chi connectivity index (χ2n) is 5.94. The van der Waals surface area contributed by atoms with Gasteiger partial charge in [-0.05, 0) is 18.8 Å². The van der Waals surface area contributed by atoms with Crippen LogP contribution in [0.1, 0.15) is 33.1 Å². The van der Waals surface area contributed by atoms with Crippen molar-refractivity contribution in [3.63, 3.8) is 0 Å². The van der Waals surface area contributed by atoms with Gasteiger partial charge in [0.25, 0.3) is 0 Å². The zero-order valence-corrected chi connectivity index (χ0v) is 11.8. The van der Waals surface area contributed by atoms with Gasteiger partial charge in [-0.2, -0.15) is 0 Å². The third kappa shape index (κ3) is 3.01. The number of hydrogen-bond acceptors (Lipinski definition) is 2. The van der Waals surface area contributed by atoms with Crippen molar-refractivity contribution in [1.82, 2.24) is 9.80 Å². The van der Waals surface area contributed by atoms with Gasteiger partial charge >= 0.3 is 12.0 Å². The van der Waals surface area contributed by atoms with E-state index in [0.29, 0.717) is 19.0 Å². The molecule has 0 aromatic carbocycles. The SMILES string of the molecule is CCC1CCCN(C(=O)N2CC(C(C)C(=O)O)C2)C1. The number of hydrogen-bond donors (Lipinski definition) is 1. The van der Waals surface area contributed by atoms with Gasteiger partial charge in [0.05, 0.1) is 5.92 Å². The number of nitrogens with zero attached hydrogens (tertiary/aromatic N) is 2. The molecule has 5 nitrogen and oxygen atoms in total. The van der Waals surface area contributed by atoms with E-state index in [1.807, 2.05) is 4.90 Å². The Morgan fingerprint density at radius 1 is 1.26 bits per heavy atom. The van der Waals surface area contributed by atoms with Crippen LogP contribution in [0.25, 0.3) is 0 Å². The largest absolute Gasteiger partial charge is 0.481 e. The summed E-state index contributed by atoms with van der Waals surface area (Å²) in [7, 11) is 0. The van der Waals surface area contributed by atoms with Crippen LogP contribution in [0.15, 0.2) is 0 Å². The Morgan fingerprint density at radius 2 is 1.95 bits per heavy atom. The molecular weight excluding hydrogens is 244 g/mol. The summed E-state index contributed by atoms with van der Waals surface area (Å²) in [5, 5.41) is 8.94. The van der Waals surface area contributed by atoms with Crippen LogP contribution in [0, 0.1) is 17.8 Å². The Labute approximate surface area is 114 Å². The monoisotopic (exact) mass is 268 g/mol. The molecule has 2 aliphatic heterocycles. The van der Waals surface area contributed by atoms with Crippen LogP contribution < -0.4 is 0 Å². The van der Waals surface area contributed by atoms with E-state index in [-0.39, 0.29) is 17.9 Å². The number of amides is 2. The van der Waals surface area contributed by atoms with E-state index in [1.165, 1.54) is 6.42 Å². The van der Waals surface area contributed by atoms with Crippen LogP contribution in [-0.4, -0.2) is 53.1 Å². The van der Waals surface area contributed by atoms with Crippen molar-refractivity contribution in [3.8, 4) is 0 Å². The highest BCUT2D eigenvalue weighted by atomic mass is 16.4. The number of carbonyl (C=O) groups is 2. The average Bonchev–Trinajstić information content (AvgIpc) is 2.36. The van der Waals surface area contributed by atoms with Gasteiger partial charge in [-0.25, -0.2) is 4.79 Å². The van der Waals surface area contributed by atoms with Gasteiger partial charge in [-0.1, -0.05) is 20.3 Å². The van der Waals surface area contributed by atoms with Gasteiger partial charge in [0, 0.05) is 32.1 Å². The zero-order valence-electron chi connectivity index (χ0n) is 11.8. The van der Waals surface area contributed by atoms with Crippen molar-refractivity contribution in [2.75, 3.05) is 26.2 Å². The topological polar surface area (TPSA) is 60.9 Å². The highest BCUT2D eigenvalue weighted by Crippen LogP contribution is 2.27. The number of carbonyl (C=O) groups excluding carboxylic acids is 1. The minimum Gasteiger partial charge on any atom is -0.481 e. The molecule has 0 saturated carbocycles. The summed E-state index contributed by atoms with van der Waals surface area (Å²) >= 11 is 0. The molecule has 0 bridgehead atoms. The quantitative estimate of drug-likeness (QED) is 0.850. The summed E-state index contributed by atoms with van der Waals surface area (Å²) in [6, 6.07) is 0.104. The summed E-state index contributed by atoms with van der Waals surface area (Å²) in [5.41, 5.74) is 0. The standard InChI is InChI=1S/C14H24N2O3/c1-3-11-5-4-6-15(7-11)14(19)16-8-12(9-16)10(2)13(17)18/h10-12H,3-9H2,1-2H3,(H,17,18). The minimum absolute atomic E-state index is 0.104. The molecule has 108 valence electrons. The first kappa shape index (κ1) is 14.2. The Kier molecular flexibility index (Phi) is 4.32. The number of rotatable bonds is 3. The van der Waals surface area contributed by atoms with Gasteiger partial charge in [0.15, 0.2) is 0 Å². The normalized spacial score (nSPS) is 25.9. The van der Waals surface area contributed by atoms with Crippen LogP contribution in [0.2, 0.25) is 0 Å². The van der Waals surface area contributed by atoms with E-state index in [0.717, 1.165) is 25.9 Å². The number of carboxylic acid groups (broad SMARTS) is 1. The second kappa shape index (κ2) is 5.80. The van der Waals surface area contributed by atoms with Gasteiger partial charge in [-0.15, -0.1) is 0 Å². The van der Waals surface area contributed by atoms with E-state index in [9.17, 15) is 9.59 Å². The lowest BCUT2D eigenvalue weighted by molar-refractivity contribution is -0.144. The van der Waals surface area contributed by atoms with Crippen molar-refractivity contribution in [3.05, 3.63) is 0 Å². The number of likely N-dealkylation sites (tertiary alicyclic amines) is 2. The van der Waals surface area contributed by atoms with Crippen molar-refractivity contribution in [1.29, 1.82) is 0 Å². The molecule has 2 aliphatic rings. The van der Waals surface area contributed by atoms with Crippen LogP contribution in [0.3, 0.4) is 0 Å². The predicted octanol–water partition coefficient (Wildman–Crippen LogP) is 1.88. The highest BCUT2D eigenvalue weighted by Gasteiger charge is 2.39. The molecule has 0 aromatic rings. The fourth-order valence-corrected chi connectivity index (χ4v) is 2.96. The maximum atomic E-state index is 12.3. The van der Waals surface area contributed by atoms with Crippen LogP contribution in [0.5, 0.6) is 0 Å². The van der Waals surface area contributed by atoms with Gasteiger partial charge < -0.3 is 14.9 Å². The molecule has 0 aromatic heterocycles. The maximum Gasteiger partial charge on any atom is 0.320 e. The fraction of sp³-hybridized carbons (Fsp3) is 0.857. The Hall–Kier alpha value is -1.26. The number of piperidine rings is 1. The summed E-state index contributed by atoms with van der Waals surface area (Å²) in [5.74, 6) is -0.365. The summed E-state index contributed by atoms with van der Waals surface area (Å²) < 4.78 is 0. The number of urea groups is 1. The molecule has 2 amide bonds. The molecule has 0 radical (unpaired) electrons. The molecule has 2 heterocycles. The third-order valence-corrected chi connectivity index (χ3v) is 4.64. The van der Waals surface area contributed by atoms with E-state index in [2.05, 4.69) is 6.92 Å². The lowest BCUT2D eigenvalue weighted by Crippen LogP contribution is -2.58. The Bertz CT molecular complexity index is 353. The van der Waals surface area contributed by atoms with Crippen molar-refractivity contribution < 1.29 is 14.7 Å². The number of carboxylic acids is 1. The van der Waals surface area contributed by atoms with E-state index < -0.39 is 5.97 Å². The second-order valence-corrected chi connectivity index (χ2v) is 5.94. The maximum absolute atomic E-state index is 12.3. The zero-order chi connectivity index (χ0) is 14.0. The predicted molar refractivity (Wildman–Crippen MR) is 71.8 cm³/mol. The van der Waals surface area contributed by atoms with Gasteiger partial charge in [0.1, 0.15) is 0 Å². The van der Waals surface area contributed by atoms with Gasteiger partial charge in [-0.3, -0.25) is 4.79 Å². The third-order valence-electron chi connectivity index (χ3n) is 4.64. The molecule has 5 heteroatoms. The molecule has 2 saturated heterocycles. The average molecular weight is 268 g/mol.